The van der Waals surface area contributed by atoms with E-state index in [1.807, 2.05) is 29.9 Å². The molecule has 154 valence electrons. The topological polar surface area (TPSA) is 75.6 Å². The summed E-state index contributed by atoms with van der Waals surface area (Å²) in [7, 11) is 1.93. The van der Waals surface area contributed by atoms with Gasteiger partial charge in [0.15, 0.2) is 5.96 Å². The number of hydrogen-bond donors (Lipinski definition) is 1. The van der Waals surface area contributed by atoms with Gasteiger partial charge in [0, 0.05) is 63.7 Å². The van der Waals surface area contributed by atoms with Crippen LogP contribution in [0.3, 0.4) is 0 Å². The Labute approximate surface area is 186 Å². The molecule has 4 rings (SSSR count). The van der Waals surface area contributed by atoms with E-state index >= 15 is 0 Å². The molecule has 7 nitrogen and oxygen atoms in total. The molecule has 2 N–H and O–H groups in total. The van der Waals surface area contributed by atoms with Gasteiger partial charge in [-0.1, -0.05) is 0 Å². The van der Waals surface area contributed by atoms with Crippen molar-refractivity contribution in [1.82, 2.24) is 19.4 Å². The first-order chi connectivity index (χ1) is 13.6. The first kappa shape index (κ1) is 21.3. The average molecular weight is 509 g/mol. The van der Waals surface area contributed by atoms with Gasteiger partial charge >= 0.3 is 0 Å². The largest absolute Gasteiger partial charge is 0.370 e. The molecule has 0 aliphatic carbocycles. The molecule has 1 saturated heterocycles. The maximum atomic E-state index is 13.5. The van der Waals surface area contributed by atoms with Crippen molar-refractivity contribution in [2.24, 2.45) is 17.8 Å². The van der Waals surface area contributed by atoms with Crippen molar-refractivity contribution in [3.05, 3.63) is 54.2 Å². The number of nitrogens with zero attached hydrogens (tertiary/aromatic N) is 6. The molecule has 0 amide bonds. The van der Waals surface area contributed by atoms with E-state index in [9.17, 15) is 4.39 Å². The van der Waals surface area contributed by atoms with E-state index in [1.54, 1.807) is 18.5 Å². The molecular formula is C20H25FIN7. The van der Waals surface area contributed by atoms with Gasteiger partial charge in [0.05, 0.1) is 5.52 Å². The maximum absolute atomic E-state index is 13.5. The number of rotatable bonds is 4. The third kappa shape index (κ3) is 4.77. The monoisotopic (exact) mass is 509 g/mol. The van der Waals surface area contributed by atoms with Crippen molar-refractivity contribution in [2.45, 2.75) is 6.42 Å². The standard InChI is InChI=1S/C20H24FN7.HI/c1-26-14-15(17-4-3-16(21)13-18(17)26)5-8-23-19(22)27-9-11-28(12-10-27)20-24-6-2-7-25-20;/h2-4,6-7,13-14H,5,8-12H2,1H3,(H2,22,23);1H. The molecule has 9 heteroatoms. The highest BCUT2D eigenvalue weighted by atomic mass is 127. The lowest BCUT2D eigenvalue weighted by Gasteiger charge is -2.35. The van der Waals surface area contributed by atoms with E-state index in [0.717, 1.165) is 55.0 Å². The van der Waals surface area contributed by atoms with Crippen molar-refractivity contribution in [2.75, 3.05) is 37.6 Å². The minimum Gasteiger partial charge on any atom is -0.370 e. The van der Waals surface area contributed by atoms with Crippen LogP contribution in [0, 0.1) is 5.82 Å². The summed E-state index contributed by atoms with van der Waals surface area (Å²) in [6.07, 6.45) is 6.31. The summed E-state index contributed by atoms with van der Waals surface area (Å²) in [5.41, 5.74) is 8.25. The van der Waals surface area contributed by atoms with Crippen molar-refractivity contribution in [1.29, 1.82) is 0 Å². The van der Waals surface area contributed by atoms with Gasteiger partial charge in [-0.3, -0.25) is 4.99 Å². The van der Waals surface area contributed by atoms with Crippen LogP contribution in [-0.4, -0.2) is 58.1 Å². The van der Waals surface area contributed by atoms with Gasteiger partial charge in [-0.2, -0.15) is 0 Å². The Bertz CT molecular complexity index is 981. The minimum atomic E-state index is -0.220. The lowest BCUT2D eigenvalue weighted by Crippen LogP contribution is -2.51. The van der Waals surface area contributed by atoms with Gasteiger partial charge < -0.3 is 20.1 Å². The highest BCUT2D eigenvalue weighted by molar-refractivity contribution is 14.0. The third-order valence-electron chi connectivity index (χ3n) is 5.13. The molecular weight excluding hydrogens is 484 g/mol. The van der Waals surface area contributed by atoms with Crippen LogP contribution in [0.2, 0.25) is 0 Å². The summed E-state index contributed by atoms with van der Waals surface area (Å²) in [6.45, 7) is 3.82. The van der Waals surface area contributed by atoms with Crippen LogP contribution in [0.5, 0.6) is 0 Å². The molecule has 0 saturated carbocycles. The van der Waals surface area contributed by atoms with E-state index in [4.69, 9.17) is 5.73 Å². The average Bonchev–Trinajstić information content (AvgIpc) is 3.03. The molecule has 1 aliphatic rings. The normalized spacial score (nSPS) is 14.9. The second-order valence-electron chi connectivity index (χ2n) is 6.94. The number of aryl methyl sites for hydroxylation is 1. The van der Waals surface area contributed by atoms with Crippen molar-refractivity contribution >= 4 is 46.8 Å². The molecule has 1 fully saturated rings. The molecule has 3 aromatic rings. The van der Waals surface area contributed by atoms with Crippen LogP contribution < -0.4 is 10.6 Å². The van der Waals surface area contributed by atoms with Crippen molar-refractivity contribution < 1.29 is 4.39 Å². The first-order valence-corrected chi connectivity index (χ1v) is 9.42. The van der Waals surface area contributed by atoms with Gasteiger partial charge in [-0.15, -0.1) is 24.0 Å². The number of benzene rings is 1. The predicted molar refractivity (Wildman–Crippen MR) is 124 cm³/mol. The van der Waals surface area contributed by atoms with Crippen LogP contribution in [0.1, 0.15) is 5.56 Å². The molecule has 2 aromatic heterocycles. The molecule has 0 radical (unpaired) electrons. The van der Waals surface area contributed by atoms with E-state index in [0.29, 0.717) is 12.5 Å². The highest BCUT2D eigenvalue weighted by Gasteiger charge is 2.19. The summed E-state index contributed by atoms with van der Waals surface area (Å²) < 4.78 is 15.4. The molecule has 1 aromatic carbocycles. The Kier molecular flexibility index (Phi) is 6.88. The SMILES string of the molecule is Cn1cc(CCN=C(N)N2CCN(c3ncccn3)CC2)c2ccc(F)cc21.I. The predicted octanol–water partition coefficient (Wildman–Crippen LogP) is 2.40. The van der Waals surface area contributed by atoms with Crippen LogP contribution in [0.15, 0.2) is 47.8 Å². The van der Waals surface area contributed by atoms with Crippen molar-refractivity contribution in [3.63, 3.8) is 0 Å². The smallest absolute Gasteiger partial charge is 0.225 e. The maximum Gasteiger partial charge on any atom is 0.225 e. The Morgan fingerprint density at radius 2 is 1.90 bits per heavy atom. The highest BCUT2D eigenvalue weighted by Crippen LogP contribution is 2.22. The number of guanidine groups is 1. The van der Waals surface area contributed by atoms with E-state index in [1.165, 1.54) is 6.07 Å². The molecule has 0 unspecified atom stereocenters. The fourth-order valence-electron chi connectivity index (χ4n) is 3.62. The number of anilines is 1. The summed E-state index contributed by atoms with van der Waals surface area (Å²) >= 11 is 0. The summed E-state index contributed by atoms with van der Waals surface area (Å²) in [4.78, 5) is 17.4. The molecule has 0 bridgehead atoms. The third-order valence-corrected chi connectivity index (χ3v) is 5.13. The van der Waals surface area contributed by atoms with Gasteiger partial charge in [-0.25, -0.2) is 14.4 Å². The minimum absolute atomic E-state index is 0. The molecule has 1 aliphatic heterocycles. The number of piperazine rings is 1. The van der Waals surface area contributed by atoms with Gasteiger partial charge in [0.1, 0.15) is 5.82 Å². The summed E-state index contributed by atoms with van der Waals surface area (Å²) in [6, 6.07) is 6.71. The number of halogens is 2. The van der Waals surface area contributed by atoms with Gasteiger partial charge in [-0.05, 0) is 36.2 Å². The fraction of sp³-hybridized carbons (Fsp3) is 0.350. The molecule has 0 spiro atoms. The zero-order chi connectivity index (χ0) is 19.5. The zero-order valence-electron chi connectivity index (χ0n) is 16.3. The van der Waals surface area contributed by atoms with E-state index in [2.05, 4.69) is 24.8 Å². The Morgan fingerprint density at radius 1 is 1.17 bits per heavy atom. The molecule has 0 atom stereocenters. The summed E-state index contributed by atoms with van der Waals surface area (Å²) in [5, 5.41) is 1.06. The van der Waals surface area contributed by atoms with Crippen LogP contribution in [0.4, 0.5) is 10.3 Å². The first-order valence-electron chi connectivity index (χ1n) is 9.42. The molecule has 29 heavy (non-hydrogen) atoms. The number of fused-ring (bicyclic) bond motifs is 1. The second-order valence-corrected chi connectivity index (χ2v) is 6.94. The van der Waals surface area contributed by atoms with Crippen LogP contribution in [-0.2, 0) is 13.5 Å². The Morgan fingerprint density at radius 3 is 2.62 bits per heavy atom. The van der Waals surface area contributed by atoms with Gasteiger partial charge in [0.2, 0.25) is 5.95 Å². The van der Waals surface area contributed by atoms with Crippen LogP contribution in [0.25, 0.3) is 10.9 Å². The molecule has 3 heterocycles. The van der Waals surface area contributed by atoms with Crippen LogP contribution >= 0.6 is 24.0 Å². The van der Waals surface area contributed by atoms with Crippen molar-refractivity contribution in [3.8, 4) is 0 Å². The van der Waals surface area contributed by atoms with E-state index in [-0.39, 0.29) is 29.8 Å². The number of nitrogens with two attached hydrogens (primary N) is 1. The van der Waals surface area contributed by atoms with E-state index < -0.39 is 0 Å². The number of hydrogen-bond acceptors (Lipinski definition) is 4. The van der Waals surface area contributed by atoms with Gasteiger partial charge in [0.25, 0.3) is 0 Å². The Hall–Kier alpha value is -2.43. The lowest BCUT2D eigenvalue weighted by molar-refractivity contribution is 0.378. The fourth-order valence-corrected chi connectivity index (χ4v) is 3.62. The second kappa shape index (κ2) is 9.38. The number of aromatic nitrogens is 3. The summed E-state index contributed by atoms with van der Waals surface area (Å²) in [5.74, 6) is 1.10. The zero-order valence-corrected chi connectivity index (χ0v) is 18.7. The number of aliphatic imine (C=N–C) groups is 1. The Balaban J connectivity index is 0.00000240. The lowest BCUT2D eigenvalue weighted by atomic mass is 10.1. The quantitative estimate of drug-likeness (QED) is 0.332.